The highest BCUT2D eigenvalue weighted by atomic mass is 79.9. The van der Waals surface area contributed by atoms with Crippen molar-refractivity contribution >= 4 is 31.9 Å². The van der Waals surface area contributed by atoms with Gasteiger partial charge < -0.3 is 0 Å². The molecule has 0 nitrogen and oxygen atoms in total. The molecule has 0 heterocycles. The van der Waals surface area contributed by atoms with Crippen LogP contribution >= 0.6 is 31.9 Å². The Morgan fingerprint density at radius 1 is 1.10 bits per heavy atom. The highest BCUT2D eigenvalue weighted by Crippen LogP contribution is 1.99. The summed E-state index contributed by atoms with van der Waals surface area (Å²) < 4.78 is 0. The minimum atomic E-state index is 1.12. The van der Waals surface area contributed by atoms with Crippen LogP contribution in [0, 0.1) is 0 Å². The summed E-state index contributed by atoms with van der Waals surface area (Å²) in [6.07, 6.45) is 9.95. The highest BCUT2D eigenvalue weighted by molar-refractivity contribution is 9.11. The second kappa shape index (κ2) is 9.44. The first-order valence-electron chi connectivity index (χ1n) is 3.39. The molecule has 0 aromatic heterocycles. The topological polar surface area (TPSA) is 0 Å². The van der Waals surface area contributed by atoms with Crippen LogP contribution in [0.3, 0.4) is 0 Å². The smallest absolute Gasteiger partial charge is 0.00314 e. The number of alkyl halides is 1. The maximum absolute atomic E-state index is 3.39. The van der Waals surface area contributed by atoms with Gasteiger partial charge in [0.1, 0.15) is 0 Å². The summed E-state index contributed by atoms with van der Waals surface area (Å²) in [6, 6.07) is 0. The van der Waals surface area contributed by atoms with Gasteiger partial charge in [-0.1, -0.05) is 50.1 Å². The molecular formula is C8H12Br2. The van der Waals surface area contributed by atoms with E-state index < -0.39 is 0 Å². The fourth-order valence-electron chi connectivity index (χ4n) is 0.573. The zero-order valence-electron chi connectivity index (χ0n) is 5.89. The molecule has 10 heavy (non-hydrogen) atoms. The van der Waals surface area contributed by atoms with Gasteiger partial charge in [0, 0.05) is 5.33 Å². The van der Waals surface area contributed by atoms with Crippen molar-refractivity contribution in [3.8, 4) is 0 Å². The van der Waals surface area contributed by atoms with Crippen LogP contribution < -0.4 is 0 Å². The normalized spacial score (nSPS) is 11.8. The summed E-state index contributed by atoms with van der Waals surface area (Å²) >= 11 is 6.58. The quantitative estimate of drug-likeness (QED) is 0.401. The van der Waals surface area contributed by atoms with E-state index in [1.807, 2.05) is 11.1 Å². The third-order valence-corrected chi connectivity index (χ3v) is 1.94. The van der Waals surface area contributed by atoms with E-state index in [9.17, 15) is 0 Å². The fraction of sp³-hybridized carbons (Fsp3) is 0.500. The third-order valence-electron chi connectivity index (χ3n) is 1.07. The van der Waals surface area contributed by atoms with Crippen molar-refractivity contribution in [3.63, 3.8) is 0 Å². The van der Waals surface area contributed by atoms with E-state index in [1.54, 1.807) is 0 Å². The molecule has 0 aliphatic rings. The summed E-state index contributed by atoms with van der Waals surface area (Å²) in [5.41, 5.74) is 0. The van der Waals surface area contributed by atoms with Gasteiger partial charge in [0.2, 0.25) is 0 Å². The van der Waals surface area contributed by atoms with Crippen LogP contribution in [0.5, 0.6) is 0 Å². The molecule has 0 rings (SSSR count). The predicted molar refractivity (Wildman–Crippen MR) is 54.9 cm³/mol. The van der Waals surface area contributed by atoms with E-state index in [0.29, 0.717) is 0 Å². The Labute approximate surface area is 79.6 Å². The molecule has 0 spiro atoms. The number of allylic oxidation sites excluding steroid dienone is 3. The molecule has 0 fully saturated rings. The van der Waals surface area contributed by atoms with Gasteiger partial charge in [0.25, 0.3) is 0 Å². The maximum Gasteiger partial charge on any atom is 0.00314 e. The Morgan fingerprint density at radius 3 is 2.50 bits per heavy atom. The van der Waals surface area contributed by atoms with E-state index in [1.165, 1.54) is 19.3 Å². The van der Waals surface area contributed by atoms with Crippen molar-refractivity contribution in [1.29, 1.82) is 0 Å². The van der Waals surface area contributed by atoms with Crippen molar-refractivity contribution in [2.24, 2.45) is 0 Å². The van der Waals surface area contributed by atoms with Crippen LogP contribution in [-0.2, 0) is 0 Å². The Hall–Kier alpha value is 0.440. The van der Waals surface area contributed by atoms with Crippen molar-refractivity contribution in [3.05, 3.63) is 23.2 Å². The second-order valence-electron chi connectivity index (χ2n) is 1.93. The zero-order valence-corrected chi connectivity index (χ0v) is 9.07. The van der Waals surface area contributed by atoms with Gasteiger partial charge in [-0.05, 0) is 24.2 Å². The molecule has 0 aromatic rings. The Bertz CT molecular complexity index is 106. The van der Waals surface area contributed by atoms with E-state index in [-0.39, 0.29) is 0 Å². The summed E-state index contributed by atoms with van der Waals surface area (Å²) in [5, 5.41) is 1.12. The lowest BCUT2D eigenvalue weighted by Gasteiger charge is -1.88. The minimum Gasteiger partial charge on any atom is -0.0928 e. The number of halogens is 2. The maximum atomic E-state index is 3.39. The van der Waals surface area contributed by atoms with Gasteiger partial charge >= 0.3 is 0 Å². The first-order chi connectivity index (χ1) is 4.91. The zero-order chi connectivity index (χ0) is 7.66. The monoisotopic (exact) mass is 266 g/mol. The van der Waals surface area contributed by atoms with Crippen molar-refractivity contribution in [2.45, 2.75) is 19.3 Å². The Morgan fingerprint density at radius 2 is 1.90 bits per heavy atom. The molecule has 0 bridgehead atoms. The standard InChI is InChI=1S/C8H12Br2/c9-7-5-3-1-2-4-6-8-10/h1,3,5,7H,2,4,6,8H2. The summed E-state index contributed by atoms with van der Waals surface area (Å²) in [4.78, 5) is 1.86. The molecule has 0 aliphatic heterocycles. The van der Waals surface area contributed by atoms with Gasteiger partial charge in [0.05, 0.1) is 0 Å². The summed E-state index contributed by atoms with van der Waals surface area (Å²) in [7, 11) is 0. The van der Waals surface area contributed by atoms with Crippen LogP contribution in [0.15, 0.2) is 23.2 Å². The average Bonchev–Trinajstić information content (AvgIpc) is 1.97. The molecule has 0 saturated carbocycles. The van der Waals surface area contributed by atoms with Crippen molar-refractivity contribution in [2.75, 3.05) is 5.33 Å². The molecule has 0 atom stereocenters. The third kappa shape index (κ3) is 8.44. The van der Waals surface area contributed by atoms with Crippen LogP contribution in [0.4, 0.5) is 0 Å². The molecule has 0 radical (unpaired) electrons. The SMILES string of the molecule is BrC=CC=CCCCCBr. The van der Waals surface area contributed by atoms with Crippen LogP contribution in [-0.4, -0.2) is 5.33 Å². The number of hydrogen-bond donors (Lipinski definition) is 0. The summed E-state index contributed by atoms with van der Waals surface area (Å²) in [6.45, 7) is 0. The predicted octanol–water partition coefficient (Wildman–Crippen LogP) is 4.02. The number of hydrogen-bond acceptors (Lipinski definition) is 0. The molecule has 58 valence electrons. The van der Waals surface area contributed by atoms with Gasteiger partial charge in [-0.3, -0.25) is 0 Å². The van der Waals surface area contributed by atoms with Crippen molar-refractivity contribution < 1.29 is 0 Å². The van der Waals surface area contributed by atoms with Gasteiger partial charge in [-0.25, -0.2) is 0 Å². The number of rotatable bonds is 5. The first-order valence-corrected chi connectivity index (χ1v) is 5.43. The average molecular weight is 268 g/mol. The lowest BCUT2D eigenvalue weighted by Crippen LogP contribution is -1.72. The van der Waals surface area contributed by atoms with Gasteiger partial charge in [-0.15, -0.1) is 0 Å². The highest BCUT2D eigenvalue weighted by Gasteiger charge is 1.80. The molecule has 0 aromatic carbocycles. The van der Waals surface area contributed by atoms with Crippen LogP contribution in [0.1, 0.15) is 19.3 Å². The number of unbranched alkanes of at least 4 members (excludes halogenated alkanes) is 2. The van der Waals surface area contributed by atoms with E-state index >= 15 is 0 Å². The second-order valence-corrected chi connectivity index (χ2v) is 3.25. The molecule has 2 heteroatoms. The van der Waals surface area contributed by atoms with Gasteiger partial charge in [-0.2, -0.15) is 0 Å². The van der Waals surface area contributed by atoms with E-state index in [4.69, 9.17) is 0 Å². The molecule has 0 aliphatic carbocycles. The van der Waals surface area contributed by atoms with Crippen LogP contribution in [0.25, 0.3) is 0 Å². The lowest BCUT2D eigenvalue weighted by atomic mass is 10.2. The van der Waals surface area contributed by atoms with Crippen LogP contribution in [0.2, 0.25) is 0 Å². The molecule has 0 amide bonds. The molecule has 0 unspecified atom stereocenters. The first kappa shape index (κ1) is 10.4. The van der Waals surface area contributed by atoms with E-state index in [2.05, 4.69) is 44.0 Å². The molecular weight excluding hydrogens is 256 g/mol. The summed E-state index contributed by atoms with van der Waals surface area (Å²) in [5.74, 6) is 0. The molecule has 0 N–H and O–H groups in total. The van der Waals surface area contributed by atoms with Crippen molar-refractivity contribution in [1.82, 2.24) is 0 Å². The Balaban J connectivity index is 3.02. The largest absolute Gasteiger partial charge is 0.0928 e. The van der Waals surface area contributed by atoms with Gasteiger partial charge in [0.15, 0.2) is 0 Å². The lowest BCUT2D eigenvalue weighted by molar-refractivity contribution is 0.827. The fourth-order valence-corrected chi connectivity index (χ4v) is 1.15. The minimum absolute atomic E-state index is 1.12. The molecule has 0 saturated heterocycles. The van der Waals surface area contributed by atoms with E-state index in [0.717, 1.165) is 5.33 Å². The Kier molecular flexibility index (Phi) is 9.86.